The van der Waals surface area contributed by atoms with Gasteiger partial charge < -0.3 is 9.64 Å². The van der Waals surface area contributed by atoms with E-state index in [4.69, 9.17) is 9.84 Å². The van der Waals surface area contributed by atoms with E-state index >= 15 is 0 Å². The molecular weight excluding hydrogens is 368 g/mol. The summed E-state index contributed by atoms with van der Waals surface area (Å²) in [6, 6.07) is 11.9. The first-order chi connectivity index (χ1) is 14.3. The molecule has 1 unspecified atom stereocenters. The molecule has 0 saturated heterocycles. The lowest BCUT2D eigenvalue weighted by molar-refractivity contribution is 0.205. The number of hydrogen-bond acceptors (Lipinski definition) is 7. The minimum Gasteiger partial charge on any atom is -0.464 e. The van der Waals surface area contributed by atoms with E-state index < -0.39 is 0 Å². The number of hydrogen-bond donors (Lipinski definition) is 1. The molecule has 1 aromatic carbocycles. The molecule has 3 aromatic heterocycles. The van der Waals surface area contributed by atoms with E-state index in [1.165, 1.54) is 6.33 Å². The summed E-state index contributed by atoms with van der Waals surface area (Å²) in [5.41, 5.74) is 2.50. The molecule has 1 N–H and O–H groups in total. The van der Waals surface area contributed by atoms with Crippen molar-refractivity contribution in [2.75, 3.05) is 18.0 Å². The Kier molecular flexibility index (Phi) is 4.39. The summed E-state index contributed by atoms with van der Waals surface area (Å²) in [4.78, 5) is 6.42. The summed E-state index contributed by atoms with van der Waals surface area (Å²) in [5.74, 6) is 1.82. The first-order valence-corrected chi connectivity index (χ1v) is 9.53. The highest BCUT2D eigenvalue weighted by atomic mass is 16.5. The van der Waals surface area contributed by atoms with E-state index in [9.17, 15) is 0 Å². The molecule has 5 rings (SSSR count). The van der Waals surface area contributed by atoms with Crippen LogP contribution in [0.2, 0.25) is 0 Å². The highest BCUT2D eigenvalue weighted by Crippen LogP contribution is 2.32. The third-order valence-electron chi connectivity index (χ3n) is 4.88. The molecule has 4 heterocycles. The fourth-order valence-corrected chi connectivity index (χ4v) is 3.38. The smallest absolute Gasteiger partial charge is 0.256 e. The van der Waals surface area contributed by atoms with Crippen LogP contribution in [0.25, 0.3) is 17.0 Å². The van der Waals surface area contributed by atoms with Crippen LogP contribution in [0.4, 0.5) is 5.69 Å². The van der Waals surface area contributed by atoms with Gasteiger partial charge in [-0.05, 0) is 13.3 Å². The van der Waals surface area contributed by atoms with Gasteiger partial charge in [-0.2, -0.15) is 9.61 Å². The maximum atomic E-state index is 6.22. The maximum Gasteiger partial charge on any atom is 0.256 e. The van der Waals surface area contributed by atoms with Gasteiger partial charge in [-0.25, -0.2) is 4.98 Å². The maximum absolute atomic E-state index is 6.22. The number of ether oxygens (including phenoxy) is 1. The van der Waals surface area contributed by atoms with Gasteiger partial charge in [0.25, 0.3) is 5.88 Å². The van der Waals surface area contributed by atoms with Crippen molar-refractivity contribution in [2.45, 2.75) is 19.4 Å². The lowest BCUT2D eigenvalue weighted by Crippen LogP contribution is -2.28. The zero-order chi connectivity index (χ0) is 19.6. The number of aromatic nitrogens is 7. The van der Waals surface area contributed by atoms with E-state index in [0.29, 0.717) is 23.2 Å². The van der Waals surface area contributed by atoms with Gasteiger partial charge in [-0.3, -0.25) is 5.10 Å². The summed E-state index contributed by atoms with van der Waals surface area (Å²) < 4.78 is 7.95. The second-order valence-corrected chi connectivity index (χ2v) is 6.83. The molecule has 0 bridgehead atoms. The van der Waals surface area contributed by atoms with Crippen LogP contribution in [-0.2, 0) is 0 Å². The molecule has 9 nitrogen and oxygen atoms in total. The number of anilines is 1. The number of nitrogens with one attached hydrogen (secondary N) is 1. The molecule has 1 atom stereocenters. The molecular formula is C20H20N8O. The number of nitrogens with zero attached hydrogens (tertiary/aromatic N) is 7. The Morgan fingerprint density at radius 2 is 2.03 bits per heavy atom. The third kappa shape index (κ3) is 3.31. The van der Waals surface area contributed by atoms with Crippen LogP contribution < -0.4 is 9.64 Å². The van der Waals surface area contributed by atoms with Crippen molar-refractivity contribution < 1.29 is 4.74 Å². The van der Waals surface area contributed by atoms with Crippen LogP contribution in [0.3, 0.4) is 0 Å². The standard InChI is InChI=1S/C20H20N8O/c1-14(18-21-13-22-24-18)29-20-16(27-10-6-3-7-11-27)12-17-23-25-19(28(17)26-20)15-8-4-2-5-9-15/h2-6,8-9,12-14H,7,10-11H2,1H3,(H,21,22,24). The van der Waals surface area contributed by atoms with Gasteiger partial charge >= 0.3 is 0 Å². The van der Waals surface area contributed by atoms with Crippen molar-refractivity contribution in [1.82, 2.24) is 35.0 Å². The van der Waals surface area contributed by atoms with Gasteiger partial charge in [-0.1, -0.05) is 42.5 Å². The van der Waals surface area contributed by atoms with Crippen LogP contribution in [-0.4, -0.2) is 48.1 Å². The zero-order valence-electron chi connectivity index (χ0n) is 15.9. The molecule has 1 aliphatic rings. The van der Waals surface area contributed by atoms with Crippen molar-refractivity contribution in [1.29, 1.82) is 0 Å². The second kappa shape index (κ2) is 7.34. The Balaban J connectivity index is 1.61. The summed E-state index contributed by atoms with van der Waals surface area (Å²) in [7, 11) is 0. The van der Waals surface area contributed by atoms with Crippen molar-refractivity contribution in [3.05, 3.63) is 60.7 Å². The number of H-pyrrole nitrogens is 1. The predicted molar refractivity (Wildman–Crippen MR) is 108 cm³/mol. The molecule has 146 valence electrons. The van der Waals surface area contributed by atoms with Crippen molar-refractivity contribution in [2.24, 2.45) is 0 Å². The van der Waals surface area contributed by atoms with Crippen LogP contribution in [0, 0.1) is 0 Å². The highest BCUT2D eigenvalue weighted by Gasteiger charge is 2.22. The van der Waals surface area contributed by atoms with E-state index in [2.05, 4.69) is 42.4 Å². The second-order valence-electron chi connectivity index (χ2n) is 6.83. The van der Waals surface area contributed by atoms with Gasteiger partial charge in [0.15, 0.2) is 23.4 Å². The molecule has 0 saturated carbocycles. The summed E-state index contributed by atoms with van der Waals surface area (Å²) in [5, 5.41) is 20.2. The number of rotatable bonds is 5. The molecule has 0 fully saturated rings. The van der Waals surface area contributed by atoms with Crippen LogP contribution >= 0.6 is 0 Å². The van der Waals surface area contributed by atoms with Gasteiger partial charge in [0.1, 0.15) is 12.0 Å². The van der Waals surface area contributed by atoms with Gasteiger partial charge in [0.2, 0.25) is 0 Å². The Labute approximate surface area is 167 Å². The minimum absolute atomic E-state index is 0.335. The molecule has 1 aliphatic heterocycles. The van der Waals surface area contributed by atoms with Crippen LogP contribution in [0.1, 0.15) is 25.3 Å². The van der Waals surface area contributed by atoms with Crippen molar-refractivity contribution in [3.8, 4) is 17.3 Å². The normalized spacial score (nSPS) is 15.0. The number of aromatic amines is 1. The monoisotopic (exact) mass is 388 g/mol. The molecule has 0 radical (unpaired) electrons. The van der Waals surface area contributed by atoms with Crippen LogP contribution in [0.15, 0.2) is 54.9 Å². The van der Waals surface area contributed by atoms with Crippen molar-refractivity contribution in [3.63, 3.8) is 0 Å². The van der Waals surface area contributed by atoms with Gasteiger partial charge in [-0.15, -0.1) is 15.3 Å². The lowest BCUT2D eigenvalue weighted by atomic mass is 10.2. The minimum atomic E-state index is -0.335. The van der Waals surface area contributed by atoms with E-state index in [1.54, 1.807) is 4.52 Å². The van der Waals surface area contributed by atoms with E-state index in [0.717, 1.165) is 30.8 Å². The molecule has 29 heavy (non-hydrogen) atoms. The van der Waals surface area contributed by atoms with Crippen LogP contribution in [0.5, 0.6) is 5.88 Å². The first kappa shape index (κ1) is 17.4. The quantitative estimate of drug-likeness (QED) is 0.525. The molecule has 0 aliphatic carbocycles. The summed E-state index contributed by atoms with van der Waals surface area (Å²) in [6.45, 7) is 3.60. The SMILES string of the molecule is CC(Oc1nn2c(-c3ccccc3)nnc2cc1N1CC=CCC1)c1ncn[nH]1. The topological polar surface area (TPSA) is 97.1 Å². The Morgan fingerprint density at radius 1 is 1.14 bits per heavy atom. The molecule has 4 aromatic rings. The van der Waals surface area contributed by atoms with E-state index in [1.807, 2.05) is 43.3 Å². The summed E-state index contributed by atoms with van der Waals surface area (Å²) in [6.07, 6.45) is 6.44. The zero-order valence-corrected chi connectivity index (χ0v) is 15.9. The van der Waals surface area contributed by atoms with E-state index in [-0.39, 0.29) is 6.10 Å². The third-order valence-corrected chi connectivity index (χ3v) is 4.88. The Morgan fingerprint density at radius 3 is 2.79 bits per heavy atom. The molecule has 0 spiro atoms. The summed E-state index contributed by atoms with van der Waals surface area (Å²) >= 11 is 0. The van der Waals surface area contributed by atoms with Gasteiger partial charge in [0.05, 0.1) is 0 Å². The Hall–Kier alpha value is -3.75. The molecule has 9 heteroatoms. The number of fused-ring (bicyclic) bond motifs is 1. The predicted octanol–water partition coefficient (Wildman–Crippen LogP) is 2.82. The Bertz CT molecular complexity index is 1140. The van der Waals surface area contributed by atoms with Crippen molar-refractivity contribution >= 4 is 11.3 Å². The average molecular weight is 388 g/mol. The number of benzene rings is 1. The lowest BCUT2D eigenvalue weighted by Gasteiger charge is -2.27. The van der Waals surface area contributed by atoms with Gasteiger partial charge in [0, 0.05) is 24.7 Å². The fraction of sp³-hybridized carbons (Fsp3) is 0.250. The molecule has 0 amide bonds. The highest BCUT2D eigenvalue weighted by molar-refractivity contribution is 5.66. The first-order valence-electron chi connectivity index (χ1n) is 9.53. The average Bonchev–Trinajstić information content (AvgIpc) is 3.44. The fourth-order valence-electron chi connectivity index (χ4n) is 3.38. The largest absolute Gasteiger partial charge is 0.464 e.